The fourth-order valence-corrected chi connectivity index (χ4v) is 3.13. The molecule has 0 unspecified atom stereocenters. The summed E-state index contributed by atoms with van der Waals surface area (Å²) in [6.45, 7) is 2.69. The smallest absolute Gasteiger partial charge is 0.288 e. The zero-order valence-corrected chi connectivity index (χ0v) is 12.4. The molecule has 0 aliphatic carbocycles. The molecule has 0 atom stereocenters. The molecule has 3 rings (SSSR count). The highest BCUT2D eigenvalue weighted by molar-refractivity contribution is 7.99. The monoisotopic (exact) mass is 303 g/mol. The van der Waals surface area contributed by atoms with Gasteiger partial charge in [-0.2, -0.15) is 16.9 Å². The number of rotatable bonds is 4. The van der Waals surface area contributed by atoms with Crippen molar-refractivity contribution < 1.29 is 4.79 Å². The highest BCUT2D eigenvalue weighted by Crippen LogP contribution is 2.19. The number of thioether (sulfide) groups is 1. The van der Waals surface area contributed by atoms with Crippen molar-refractivity contribution in [2.24, 2.45) is 0 Å². The van der Waals surface area contributed by atoms with Gasteiger partial charge in [0.2, 0.25) is 5.82 Å². The van der Waals surface area contributed by atoms with Gasteiger partial charge in [0.1, 0.15) is 6.33 Å². The molecule has 2 heterocycles. The number of carbonyl (C=O) groups is 1. The SMILES string of the molecule is O=C(NCc1ccc(N2CCSCC2)cc1)c1ncn[nH]1. The summed E-state index contributed by atoms with van der Waals surface area (Å²) in [5.74, 6) is 2.37. The molecular weight excluding hydrogens is 286 g/mol. The van der Waals surface area contributed by atoms with E-state index >= 15 is 0 Å². The van der Waals surface area contributed by atoms with Crippen molar-refractivity contribution in [2.45, 2.75) is 6.54 Å². The van der Waals surface area contributed by atoms with Gasteiger partial charge < -0.3 is 10.2 Å². The predicted molar refractivity (Wildman–Crippen MR) is 83.5 cm³/mol. The third kappa shape index (κ3) is 3.55. The average Bonchev–Trinajstić information content (AvgIpc) is 3.08. The summed E-state index contributed by atoms with van der Waals surface area (Å²) in [5, 5.41) is 9.01. The lowest BCUT2D eigenvalue weighted by molar-refractivity contribution is 0.0941. The zero-order chi connectivity index (χ0) is 14.5. The minimum atomic E-state index is -0.246. The van der Waals surface area contributed by atoms with Gasteiger partial charge in [-0.15, -0.1) is 0 Å². The number of benzene rings is 1. The summed E-state index contributed by atoms with van der Waals surface area (Å²) in [5.41, 5.74) is 2.32. The van der Waals surface area contributed by atoms with E-state index in [9.17, 15) is 4.79 Å². The van der Waals surface area contributed by atoms with Crippen LogP contribution < -0.4 is 10.2 Å². The van der Waals surface area contributed by atoms with Crippen LogP contribution in [-0.4, -0.2) is 45.7 Å². The molecule has 1 aliphatic heterocycles. The topological polar surface area (TPSA) is 73.9 Å². The maximum Gasteiger partial charge on any atom is 0.288 e. The molecule has 6 nitrogen and oxygen atoms in total. The van der Waals surface area contributed by atoms with E-state index in [2.05, 4.69) is 49.7 Å². The summed E-state index contributed by atoms with van der Waals surface area (Å²) in [6.07, 6.45) is 1.32. The lowest BCUT2D eigenvalue weighted by Gasteiger charge is -2.28. The molecule has 7 heteroatoms. The third-order valence-electron chi connectivity index (χ3n) is 3.40. The van der Waals surface area contributed by atoms with E-state index in [4.69, 9.17) is 0 Å². The van der Waals surface area contributed by atoms with Crippen LogP contribution in [0, 0.1) is 0 Å². The van der Waals surface area contributed by atoms with Crippen molar-refractivity contribution in [1.82, 2.24) is 20.5 Å². The Morgan fingerprint density at radius 1 is 1.29 bits per heavy atom. The van der Waals surface area contributed by atoms with E-state index in [0.717, 1.165) is 18.7 Å². The van der Waals surface area contributed by atoms with Crippen molar-refractivity contribution in [2.75, 3.05) is 29.5 Å². The van der Waals surface area contributed by atoms with Gasteiger partial charge in [-0.1, -0.05) is 12.1 Å². The molecular formula is C14H17N5OS. The fourth-order valence-electron chi connectivity index (χ4n) is 2.23. The van der Waals surface area contributed by atoms with Crippen LogP contribution in [0.1, 0.15) is 16.2 Å². The largest absolute Gasteiger partial charge is 0.370 e. The Kier molecular flexibility index (Phi) is 4.40. The highest BCUT2D eigenvalue weighted by atomic mass is 32.2. The summed E-state index contributed by atoms with van der Waals surface area (Å²) < 4.78 is 0. The Balaban J connectivity index is 1.55. The normalized spacial score (nSPS) is 15.0. The maximum atomic E-state index is 11.7. The first-order valence-electron chi connectivity index (χ1n) is 6.88. The fraction of sp³-hybridized carbons (Fsp3) is 0.357. The minimum Gasteiger partial charge on any atom is -0.370 e. The van der Waals surface area contributed by atoms with Gasteiger partial charge >= 0.3 is 0 Å². The molecule has 0 radical (unpaired) electrons. The first-order chi connectivity index (χ1) is 10.3. The van der Waals surface area contributed by atoms with Crippen molar-refractivity contribution >= 4 is 23.4 Å². The Hall–Kier alpha value is -2.02. The molecule has 1 aliphatic rings. The molecule has 2 aromatic rings. The molecule has 1 amide bonds. The quantitative estimate of drug-likeness (QED) is 0.890. The standard InChI is InChI=1S/C14H17N5OS/c20-14(13-16-10-17-18-13)15-9-11-1-3-12(4-2-11)19-5-7-21-8-6-19/h1-4,10H,5-9H2,(H,15,20)(H,16,17,18). The first-order valence-corrected chi connectivity index (χ1v) is 8.03. The Labute approximate surface area is 127 Å². The second kappa shape index (κ2) is 6.62. The van der Waals surface area contributed by atoms with Gasteiger partial charge in [0.25, 0.3) is 5.91 Å². The molecule has 1 saturated heterocycles. The molecule has 1 aromatic heterocycles. The van der Waals surface area contributed by atoms with Gasteiger partial charge in [0.15, 0.2) is 0 Å². The second-order valence-corrected chi connectivity index (χ2v) is 6.01. The molecule has 0 saturated carbocycles. The van der Waals surface area contributed by atoms with E-state index in [0.29, 0.717) is 6.54 Å². The summed E-state index contributed by atoms with van der Waals surface area (Å²) in [6, 6.07) is 8.34. The number of nitrogens with one attached hydrogen (secondary N) is 2. The van der Waals surface area contributed by atoms with Gasteiger partial charge in [0.05, 0.1) is 0 Å². The van der Waals surface area contributed by atoms with Crippen molar-refractivity contribution in [3.8, 4) is 0 Å². The number of aromatic nitrogens is 3. The zero-order valence-electron chi connectivity index (χ0n) is 11.6. The highest BCUT2D eigenvalue weighted by Gasteiger charge is 2.11. The van der Waals surface area contributed by atoms with Crippen molar-refractivity contribution in [1.29, 1.82) is 0 Å². The van der Waals surface area contributed by atoms with Crippen LogP contribution in [0.2, 0.25) is 0 Å². The molecule has 21 heavy (non-hydrogen) atoms. The Bertz CT molecular complexity index is 578. The van der Waals surface area contributed by atoms with E-state index in [-0.39, 0.29) is 11.7 Å². The number of hydrogen-bond acceptors (Lipinski definition) is 5. The minimum absolute atomic E-state index is 0.234. The second-order valence-electron chi connectivity index (χ2n) is 4.78. The third-order valence-corrected chi connectivity index (χ3v) is 4.34. The van der Waals surface area contributed by atoms with Crippen LogP contribution >= 0.6 is 11.8 Å². The van der Waals surface area contributed by atoms with E-state index in [1.54, 1.807) is 0 Å². The number of hydrogen-bond donors (Lipinski definition) is 2. The van der Waals surface area contributed by atoms with Crippen LogP contribution in [0.5, 0.6) is 0 Å². The van der Waals surface area contributed by atoms with Crippen LogP contribution in [-0.2, 0) is 6.54 Å². The van der Waals surface area contributed by atoms with Crippen LogP contribution in [0.4, 0.5) is 5.69 Å². The van der Waals surface area contributed by atoms with Crippen LogP contribution in [0.25, 0.3) is 0 Å². The number of amides is 1. The van der Waals surface area contributed by atoms with Crippen LogP contribution in [0.15, 0.2) is 30.6 Å². The summed E-state index contributed by atoms with van der Waals surface area (Å²) >= 11 is 2.00. The molecule has 1 aromatic carbocycles. The van der Waals surface area contributed by atoms with Gasteiger partial charge in [-0.05, 0) is 17.7 Å². The lowest BCUT2D eigenvalue weighted by atomic mass is 10.2. The molecule has 0 bridgehead atoms. The number of anilines is 1. The van der Waals surface area contributed by atoms with Crippen molar-refractivity contribution in [3.05, 3.63) is 42.0 Å². The number of H-pyrrole nitrogens is 1. The number of nitrogens with zero attached hydrogens (tertiary/aromatic N) is 3. The molecule has 110 valence electrons. The molecule has 2 N–H and O–H groups in total. The summed E-state index contributed by atoms with van der Waals surface area (Å²) in [4.78, 5) is 18.0. The van der Waals surface area contributed by atoms with Gasteiger partial charge in [-0.25, -0.2) is 4.98 Å². The van der Waals surface area contributed by atoms with Crippen molar-refractivity contribution in [3.63, 3.8) is 0 Å². The summed E-state index contributed by atoms with van der Waals surface area (Å²) in [7, 11) is 0. The van der Waals surface area contributed by atoms with Gasteiger partial charge in [-0.3, -0.25) is 9.89 Å². The number of aromatic amines is 1. The lowest BCUT2D eigenvalue weighted by Crippen LogP contribution is -2.32. The predicted octanol–water partition coefficient (Wildman–Crippen LogP) is 1.29. The Morgan fingerprint density at radius 3 is 2.71 bits per heavy atom. The van der Waals surface area contributed by atoms with Gasteiger partial charge in [0, 0.05) is 36.8 Å². The van der Waals surface area contributed by atoms with Crippen LogP contribution in [0.3, 0.4) is 0 Å². The number of carbonyl (C=O) groups excluding carboxylic acids is 1. The molecule has 0 spiro atoms. The maximum absolute atomic E-state index is 11.7. The van der Waals surface area contributed by atoms with E-state index in [1.165, 1.54) is 23.5 Å². The van der Waals surface area contributed by atoms with E-state index in [1.807, 2.05) is 11.8 Å². The average molecular weight is 303 g/mol. The Morgan fingerprint density at radius 2 is 2.05 bits per heavy atom. The van der Waals surface area contributed by atoms with E-state index < -0.39 is 0 Å². The molecule has 1 fully saturated rings. The first kappa shape index (κ1) is 13.9.